The zero-order chi connectivity index (χ0) is 17.6. The van der Waals surface area contributed by atoms with Crippen LogP contribution in [-0.4, -0.2) is 59.9 Å². The molecule has 1 N–H and O–H groups in total. The van der Waals surface area contributed by atoms with Gasteiger partial charge < -0.3 is 10.2 Å². The molecule has 1 unspecified atom stereocenters. The predicted molar refractivity (Wildman–Crippen MR) is 98.4 cm³/mol. The van der Waals surface area contributed by atoms with E-state index in [4.69, 9.17) is 0 Å². The maximum atomic E-state index is 12.5. The molecule has 1 heterocycles. The number of carbonyl (C=O) groups is 2. The Bertz CT molecular complexity index is 576. The van der Waals surface area contributed by atoms with Gasteiger partial charge in [-0.2, -0.15) is 0 Å². The fourth-order valence-electron chi connectivity index (χ4n) is 3.94. The topological polar surface area (TPSA) is 52.7 Å². The number of nitrogens with one attached hydrogen (secondary N) is 1. The van der Waals surface area contributed by atoms with Crippen LogP contribution >= 0.6 is 0 Å². The summed E-state index contributed by atoms with van der Waals surface area (Å²) in [5, 5.41) is 2.92. The van der Waals surface area contributed by atoms with E-state index >= 15 is 0 Å². The standard InChI is InChI=1S/C20H29N3O2/c1-16(21-20(25)17-7-3-2-4-8-17)15-19(24)23-13-11-22(12-14-23)18-9-5-6-10-18/h2-4,7-8,16,18H,5-6,9-15H2,1H3,(H,21,25). The molecule has 3 rings (SSSR count). The summed E-state index contributed by atoms with van der Waals surface area (Å²) in [4.78, 5) is 29.2. The summed E-state index contributed by atoms with van der Waals surface area (Å²) in [7, 11) is 0. The monoisotopic (exact) mass is 343 g/mol. The Morgan fingerprint density at radius 3 is 2.36 bits per heavy atom. The Kier molecular flexibility index (Phi) is 6.08. The van der Waals surface area contributed by atoms with Gasteiger partial charge in [-0.3, -0.25) is 14.5 Å². The van der Waals surface area contributed by atoms with Crippen molar-refractivity contribution in [3.8, 4) is 0 Å². The zero-order valence-corrected chi connectivity index (χ0v) is 15.1. The third-order valence-electron chi connectivity index (χ3n) is 5.40. The second-order valence-corrected chi connectivity index (χ2v) is 7.30. The van der Waals surface area contributed by atoms with Crippen LogP contribution in [0.2, 0.25) is 0 Å². The molecule has 1 saturated heterocycles. The number of nitrogens with zero attached hydrogens (tertiary/aromatic N) is 2. The van der Waals surface area contributed by atoms with E-state index in [0.717, 1.165) is 32.2 Å². The number of rotatable bonds is 5. The molecule has 1 aromatic rings. The van der Waals surface area contributed by atoms with Crippen LogP contribution in [0.4, 0.5) is 0 Å². The summed E-state index contributed by atoms with van der Waals surface area (Å²) in [5.74, 6) is 0.0267. The van der Waals surface area contributed by atoms with Gasteiger partial charge in [-0.05, 0) is 31.9 Å². The first-order valence-electron chi connectivity index (χ1n) is 9.51. The van der Waals surface area contributed by atoms with Crippen molar-refractivity contribution in [3.05, 3.63) is 35.9 Å². The Labute approximate surface area is 150 Å². The predicted octanol–water partition coefficient (Wildman–Crippen LogP) is 2.28. The molecule has 1 atom stereocenters. The largest absolute Gasteiger partial charge is 0.349 e. The molecule has 1 aliphatic carbocycles. The Hall–Kier alpha value is -1.88. The van der Waals surface area contributed by atoms with Gasteiger partial charge in [0.1, 0.15) is 0 Å². The van der Waals surface area contributed by atoms with Crippen molar-refractivity contribution < 1.29 is 9.59 Å². The minimum absolute atomic E-state index is 0.119. The van der Waals surface area contributed by atoms with Gasteiger partial charge in [0.15, 0.2) is 0 Å². The van der Waals surface area contributed by atoms with Gasteiger partial charge in [0.25, 0.3) is 5.91 Å². The van der Waals surface area contributed by atoms with Crippen LogP contribution in [0.3, 0.4) is 0 Å². The van der Waals surface area contributed by atoms with Crippen molar-refractivity contribution in [1.82, 2.24) is 15.1 Å². The number of hydrogen-bond acceptors (Lipinski definition) is 3. The highest BCUT2D eigenvalue weighted by Crippen LogP contribution is 2.24. The fraction of sp³-hybridized carbons (Fsp3) is 0.600. The molecule has 0 bridgehead atoms. The molecule has 25 heavy (non-hydrogen) atoms. The maximum Gasteiger partial charge on any atom is 0.251 e. The van der Waals surface area contributed by atoms with Crippen LogP contribution < -0.4 is 5.32 Å². The molecule has 2 amide bonds. The van der Waals surface area contributed by atoms with Crippen LogP contribution in [0.1, 0.15) is 49.4 Å². The molecule has 0 aromatic heterocycles. The molecule has 1 aliphatic heterocycles. The first-order chi connectivity index (χ1) is 12.1. The lowest BCUT2D eigenvalue weighted by atomic mass is 10.1. The van der Waals surface area contributed by atoms with Gasteiger partial charge in [0.05, 0.1) is 0 Å². The number of amides is 2. The number of benzene rings is 1. The van der Waals surface area contributed by atoms with Gasteiger partial charge in [0.2, 0.25) is 5.91 Å². The van der Waals surface area contributed by atoms with E-state index in [0.29, 0.717) is 12.0 Å². The first-order valence-corrected chi connectivity index (χ1v) is 9.51. The van der Waals surface area contributed by atoms with Gasteiger partial charge in [-0.15, -0.1) is 0 Å². The average Bonchev–Trinajstić information content (AvgIpc) is 3.17. The van der Waals surface area contributed by atoms with Crippen LogP contribution in [0.15, 0.2) is 30.3 Å². The van der Waals surface area contributed by atoms with E-state index in [1.54, 1.807) is 12.1 Å². The third kappa shape index (κ3) is 4.82. The highest BCUT2D eigenvalue weighted by Gasteiger charge is 2.28. The van der Waals surface area contributed by atoms with E-state index in [2.05, 4.69) is 10.2 Å². The lowest BCUT2D eigenvalue weighted by Gasteiger charge is -2.38. The molecule has 2 fully saturated rings. The summed E-state index contributed by atoms with van der Waals surface area (Å²) in [6.45, 7) is 5.50. The minimum atomic E-state index is -0.159. The Balaban J connectivity index is 1.42. The zero-order valence-electron chi connectivity index (χ0n) is 15.1. The lowest BCUT2D eigenvalue weighted by molar-refractivity contribution is -0.133. The van der Waals surface area contributed by atoms with E-state index in [9.17, 15) is 9.59 Å². The van der Waals surface area contributed by atoms with Crippen molar-refractivity contribution >= 4 is 11.8 Å². The molecular formula is C20H29N3O2. The SMILES string of the molecule is CC(CC(=O)N1CCN(C2CCCC2)CC1)NC(=O)c1ccccc1. The minimum Gasteiger partial charge on any atom is -0.349 e. The van der Waals surface area contributed by atoms with Gasteiger partial charge in [-0.1, -0.05) is 31.0 Å². The van der Waals surface area contributed by atoms with Gasteiger partial charge in [-0.25, -0.2) is 0 Å². The average molecular weight is 343 g/mol. The van der Waals surface area contributed by atoms with Crippen molar-refractivity contribution in [3.63, 3.8) is 0 Å². The summed E-state index contributed by atoms with van der Waals surface area (Å²) in [6.07, 6.45) is 5.69. The molecule has 1 aromatic carbocycles. The molecule has 136 valence electrons. The van der Waals surface area contributed by atoms with Crippen LogP contribution in [0, 0.1) is 0 Å². The molecular weight excluding hydrogens is 314 g/mol. The van der Waals surface area contributed by atoms with E-state index in [-0.39, 0.29) is 17.9 Å². The normalized spacial score (nSPS) is 20.4. The van der Waals surface area contributed by atoms with Crippen molar-refractivity contribution in [2.24, 2.45) is 0 Å². The van der Waals surface area contributed by atoms with E-state index in [1.807, 2.05) is 30.0 Å². The number of carbonyl (C=O) groups excluding carboxylic acids is 2. The summed E-state index contributed by atoms with van der Waals surface area (Å²) < 4.78 is 0. The fourth-order valence-corrected chi connectivity index (χ4v) is 3.94. The Morgan fingerprint density at radius 1 is 1.08 bits per heavy atom. The van der Waals surface area contributed by atoms with Crippen LogP contribution in [0.5, 0.6) is 0 Å². The first kappa shape index (κ1) is 17.9. The molecule has 0 spiro atoms. The van der Waals surface area contributed by atoms with Crippen molar-refractivity contribution in [2.75, 3.05) is 26.2 Å². The molecule has 2 aliphatic rings. The highest BCUT2D eigenvalue weighted by atomic mass is 16.2. The van der Waals surface area contributed by atoms with Crippen LogP contribution in [0.25, 0.3) is 0 Å². The molecule has 0 radical (unpaired) electrons. The number of piperazine rings is 1. The molecule has 1 saturated carbocycles. The van der Waals surface area contributed by atoms with E-state index < -0.39 is 0 Å². The molecule has 5 nitrogen and oxygen atoms in total. The highest BCUT2D eigenvalue weighted by molar-refractivity contribution is 5.94. The van der Waals surface area contributed by atoms with Crippen molar-refractivity contribution in [2.45, 2.75) is 51.1 Å². The van der Waals surface area contributed by atoms with Crippen molar-refractivity contribution in [1.29, 1.82) is 0 Å². The van der Waals surface area contributed by atoms with Gasteiger partial charge in [0, 0.05) is 50.2 Å². The molecule has 5 heteroatoms. The summed E-state index contributed by atoms with van der Waals surface area (Å²) in [5.41, 5.74) is 0.631. The van der Waals surface area contributed by atoms with Gasteiger partial charge >= 0.3 is 0 Å². The summed E-state index contributed by atoms with van der Waals surface area (Å²) >= 11 is 0. The smallest absolute Gasteiger partial charge is 0.251 e. The maximum absolute atomic E-state index is 12.5. The van der Waals surface area contributed by atoms with Crippen LogP contribution in [-0.2, 0) is 4.79 Å². The van der Waals surface area contributed by atoms with E-state index in [1.165, 1.54) is 25.7 Å². The second-order valence-electron chi connectivity index (χ2n) is 7.30. The second kappa shape index (κ2) is 8.48. The Morgan fingerprint density at radius 2 is 1.72 bits per heavy atom. The quantitative estimate of drug-likeness (QED) is 0.892. The lowest BCUT2D eigenvalue weighted by Crippen LogP contribution is -2.52. The number of hydrogen-bond donors (Lipinski definition) is 1. The summed E-state index contributed by atoms with van der Waals surface area (Å²) in [6, 6.07) is 9.71. The third-order valence-corrected chi connectivity index (χ3v) is 5.40.